The van der Waals surface area contributed by atoms with Gasteiger partial charge in [-0.15, -0.1) is 0 Å². The molecule has 94 valence electrons. The first kappa shape index (κ1) is 13.4. The molecular formula is C11H22N2O3. The van der Waals surface area contributed by atoms with E-state index in [1.807, 2.05) is 19.0 Å². The Morgan fingerprint density at radius 3 is 1.88 bits per heavy atom. The summed E-state index contributed by atoms with van der Waals surface area (Å²) < 4.78 is 0. The minimum Gasteiger partial charge on any atom is -0.481 e. The molecule has 0 bridgehead atoms. The van der Waals surface area contributed by atoms with Crippen LogP contribution in [0.15, 0.2) is 0 Å². The summed E-state index contributed by atoms with van der Waals surface area (Å²) in [6.45, 7) is 3.56. The summed E-state index contributed by atoms with van der Waals surface area (Å²) in [5.74, 6) is -0.769. The summed E-state index contributed by atoms with van der Waals surface area (Å²) in [7, 11) is 3.97. The lowest BCUT2D eigenvalue weighted by Gasteiger charge is -2.04. The van der Waals surface area contributed by atoms with Gasteiger partial charge in [0.15, 0.2) is 0 Å². The van der Waals surface area contributed by atoms with Crippen LogP contribution in [0.2, 0.25) is 0 Å². The normalized spacial score (nSPS) is 31.2. The third-order valence-electron chi connectivity index (χ3n) is 3.11. The molecular weight excluding hydrogens is 208 g/mol. The minimum absolute atomic E-state index is 0.0509. The van der Waals surface area contributed by atoms with Gasteiger partial charge in [0.1, 0.15) is 0 Å². The molecule has 0 aromatic rings. The van der Waals surface area contributed by atoms with Crippen molar-refractivity contribution in [2.45, 2.75) is 18.9 Å². The molecule has 0 aliphatic carbocycles. The van der Waals surface area contributed by atoms with Crippen molar-refractivity contribution in [2.75, 3.05) is 40.3 Å². The number of aliphatic hydroxyl groups is 1. The fourth-order valence-electron chi connectivity index (χ4n) is 2.05. The standard InChI is InChI=1S/C6H11NO2.C5H11NO/c1-7-3-2-5(4-7)6(8)9;1-6-3-2-5(7)4-6/h5H,2-4H2,1H3,(H,8,9);5,7H,2-4H2,1H3. The average Bonchev–Trinajstić information content (AvgIpc) is 2.76. The Morgan fingerprint density at radius 2 is 1.69 bits per heavy atom. The second-order valence-electron chi connectivity index (χ2n) is 4.79. The predicted molar refractivity (Wildman–Crippen MR) is 61.4 cm³/mol. The lowest BCUT2D eigenvalue weighted by Crippen LogP contribution is -2.18. The van der Waals surface area contributed by atoms with E-state index in [1.165, 1.54) is 0 Å². The maximum Gasteiger partial charge on any atom is 0.307 e. The van der Waals surface area contributed by atoms with Crippen molar-refractivity contribution >= 4 is 5.97 Å². The second kappa shape index (κ2) is 6.18. The Morgan fingerprint density at radius 1 is 1.12 bits per heavy atom. The number of carbonyl (C=O) groups is 1. The highest BCUT2D eigenvalue weighted by molar-refractivity contribution is 5.70. The third kappa shape index (κ3) is 4.47. The minimum atomic E-state index is -0.653. The van der Waals surface area contributed by atoms with Gasteiger partial charge in [0.05, 0.1) is 12.0 Å². The highest BCUT2D eigenvalue weighted by Crippen LogP contribution is 2.13. The molecule has 0 radical (unpaired) electrons. The molecule has 2 rings (SSSR count). The van der Waals surface area contributed by atoms with Gasteiger partial charge in [0.25, 0.3) is 0 Å². The molecule has 0 amide bonds. The van der Waals surface area contributed by atoms with E-state index in [-0.39, 0.29) is 12.0 Å². The monoisotopic (exact) mass is 230 g/mol. The fraction of sp³-hybridized carbons (Fsp3) is 0.909. The van der Waals surface area contributed by atoms with Gasteiger partial charge in [-0.05, 0) is 33.5 Å². The van der Waals surface area contributed by atoms with Gasteiger partial charge in [0, 0.05) is 19.6 Å². The van der Waals surface area contributed by atoms with Crippen LogP contribution in [0.1, 0.15) is 12.8 Å². The van der Waals surface area contributed by atoms with Crippen molar-refractivity contribution in [1.29, 1.82) is 0 Å². The molecule has 2 heterocycles. The van der Waals surface area contributed by atoms with Crippen LogP contribution in [-0.2, 0) is 4.79 Å². The molecule has 2 fully saturated rings. The van der Waals surface area contributed by atoms with E-state index in [0.717, 1.165) is 39.0 Å². The zero-order valence-corrected chi connectivity index (χ0v) is 10.1. The number of β-amino-alcohol motifs (C(OH)–C–C–N with tert-alkyl or cyclic N) is 1. The summed E-state index contributed by atoms with van der Waals surface area (Å²) in [5.41, 5.74) is 0. The molecule has 2 saturated heterocycles. The van der Waals surface area contributed by atoms with Crippen molar-refractivity contribution in [3.8, 4) is 0 Å². The summed E-state index contributed by atoms with van der Waals surface area (Å²) in [5, 5.41) is 17.4. The first-order chi connectivity index (χ1) is 7.49. The Kier molecular flexibility index (Phi) is 5.18. The Hall–Kier alpha value is -0.650. The SMILES string of the molecule is CN1CCC(C(=O)O)C1.CN1CCC(O)C1. The number of aliphatic hydroxyl groups excluding tert-OH is 1. The summed E-state index contributed by atoms with van der Waals surface area (Å²) in [4.78, 5) is 14.5. The number of hydrogen-bond donors (Lipinski definition) is 2. The molecule has 0 aromatic heterocycles. The zero-order valence-electron chi connectivity index (χ0n) is 10.1. The number of likely N-dealkylation sites (tertiary alicyclic amines) is 2. The average molecular weight is 230 g/mol. The number of carboxylic acid groups (broad SMARTS) is 1. The molecule has 0 spiro atoms. The second-order valence-corrected chi connectivity index (χ2v) is 4.79. The van der Waals surface area contributed by atoms with Crippen LogP contribution >= 0.6 is 0 Å². The van der Waals surface area contributed by atoms with Crippen LogP contribution in [0.3, 0.4) is 0 Å². The highest BCUT2D eigenvalue weighted by Gasteiger charge is 2.24. The Balaban J connectivity index is 0.000000165. The van der Waals surface area contributed by atoms with Crippen molar-refractivity contribution < 1.29 is 15.0 Å². The lowest BCUT2D eigenvalue weighted by molar-refractivity contribution is -0.141. The maximum absolute atomic E-state index is 10.3. The summed E-state index contributed by atoms with van der Waals surface area (Å²) >= 11 is 0. The summed E-state index contributed by atoms with van der Waals surface area (Å²) in [6, 6.07) is 0. The van der Waals surface area contributed by atoms with E-state index < -0.39 is 5.97 Å². The molecule has 0 saturated carbocycles. The largest absolute Gasteiger partial charge is 0.481 e. The van der Waals surface area contributed by atoms with Crippen molar-refractivity contribution in [2.24, 2.45) is 5.92 Å². The molecule has 5 heteroatoms. The lowest BCUT2D eigenvalue weighted by atomic mass is 10.1. The maximum atomic E-state index is 10.3. The number of carboxylic acids is 1. The molecule has 2 N–H and O–H groups in total. The predicted octanol–water partition coefficient (Wildman–Crippen LogP) is -0.294. The Labute approximate surface area is 96.7 Å². The van der Waals surface area contributed by atoms with Gasteiger partial charge in [0.2, 0.25) is 0 Å². The van der Waals surface area contributed by atoms with Crippen molar-refractivity contribution in [1.82, 2.24) is 9.80 Å². The molecule has 5 nitrogen and oxygen atoms in total. The fourth-order valence-corrected chi connectivity index (χ4v) is 2.05. The molecule has 2 unspecified atom stereocenters. The van der Waals surface area contributed by atoms with Crippen LogP contribution in [0.5, 0.6) is 0 Å². The van der Waals surface area contributed by atoms with E-state index in [4.69, 9.17) is 10.2 Å². The van der Waals surface area contributed by atoms with Crippen molar-refractivity contribution in [3.05, 3.63) is 0 Å². The number of aliphatic carboxylic acids is 1. The van der Waals surface area contributed by atoms with Crippen LogP contribution in [-0.4, -0.2) is 72.4 Å². The van der Waals surface area contributed by atoms with Crippen LogP contribution in [0, 0.1) is 5.92 Å². The van der Waals surface area contributed by atoms with Gasteiger partial charge < -0.3 is 20.0 Å². The number of rotatable bonds is 1. The van der Waals surface area contributed by atoms with Gasteiger partial charge in [-0.3, -0.25) is 4.79 Å². The first-order valence-electron chi connectivity index (χ1n) is 5.77. The van der Waals surface area contributed by atoms with E-state index in [9.17, 15) is 4.79 Å². The molecule has 2 aliphatic rings. The van der Waals surface area contributed by atoms with Crippen molar-refractivity contribution in [3.63, 3.8) is 0 Å². The van der Waals surface area contributed by atoms with Crippen LogP contribution < -0.4 is 0 Å². The van der Waals surface area contributed by atoms with E-state index in [1.54, 1.807) is 0 Å². The number of likely N-dealkylation sites (N-methyl/N-ethyl adjacent to an activating group) is 1. The third-order valence-corrected chi connectivity index (χ3v) is 3.11. The molecule has 2 atom stereocenters. The number of hydrogen-bond acceptors (Lipinski definition) is 4. The van der Waals surface area contributed by atoms with E-state index in [0.29, 0.717) is 0 Å². The number of nitrogens with zero attached hydrogens (tertiary/aromatic N) is 2. The topological polar surface area (TPSA) is 64.0 Å². The Bertz CT molecular complexity index is 227. The van der Waals surface area contributed by atoms with Gasteiger partial charge in [-0.1, -0.05) is 0 Å². The molecule has 2 aliphatic heterocycles. The van der Waals surface area contributed by atoms with E-state index in [2.05, 4.69) is 4.90 Å². The molecule has 16 heavy (non-hydrogen) atoms. The van der Waals surface area contributed by atoms with Gasteiger partial charge in [-0.25, -0.2) is 0 Å². The van der Waals surface area contributed by atoms with Gasteiger partial charge in [-0.2, -0.15) is 0 Å². The van der Waals surface area contributed by atoms with Crippen LogP contribution in [0.25, 0.3) is 0 Å². The smallest absolute Gasteiger partial charge is 0.307 e. The highest BCUT2D eigenvalue weighted by atomic mass is 16.4. The first-order valence-corrected chi connectivity index (χ1v) is 5.77. The van der Waals surface area contributed by atoms with E-state index >= 15 is 0 Å². The van der Waals surface area contributed by atoms with Crippen LogP contribution in [0.4, 0.5) is 0 Å². The quantitative estimate of drug-likeness (QED) is 0.648. The summed E-state index contributed by atoms with van der Waals surface area (Å²) in [6.07, 6.45) is 1.72. The van der Waals surface area contributed by atoms with Gasteiger partial charge >= 0.3 is 5.97 Å². The molecule has 0 aromatic carbocycles. The zero-order chi connectivity index (χ0) is 12.1.